The molecule has 0 spiro atoms. The first-order valence-electron chi connectivity index (χ1n) is 4.09. The van der Waals surface area contributed by atoms with Gasteiger partial charge in [-0.2, -0.15) is 0 Å². The quantitative estimate of drug-likeness (QED) is 0.585. The molecule has 1 fully saturated rings. The van der Waals surface area contributed by atoms with Crippen molar-refractivity contribution in [3.8, 4) is 5.75 Å². The van der Waals surface area contributed by atoms with Crippen molar-refractivity contribution in [1.82, 2.24) is 10.9 Å². The molecule has 4 heteroatoms. The molecule has 0 saturated carbocycles. The normalized spacial score (nSPS) is 21.5. The summed E-state index contributed by atoms with van der Waals surface area (Å²) in [6.07, 6.45) is 0.420. The molecule has 1 heterocycles. The number of hydrazine groups is 1. The van der Waals surface area contributed by atoms with Crippen LogP contribution in [0.1, 0.15) is 18.0 Å². The zero-order chi connectivity index (χ0) is 9.26. The summed E-state index contributed by atoms with van der Waals surface area (Å²) in [5.41, 5.74) is 6.27. The minimum absolute atomic E-state index is 0.0201. The van der Waals surface area contributed by atoms with Gasteiger partial charge in [-0.05, 0) is 17.7 Å². The highest BCUT2D eigenvalue weighted by Gasteiger charge is 2.22. The highest BCUT2D eigenvalue weighted by atomic mass is 16.3. The molecular formula is C9H10N2O2. The van der Waals surface area contributed by atoms with Crippen molar-refractivity contribution in [1.29, 1.82) is 0 Å². The lowest BCUT2D eigenvalue weighted by molar-refractivity contribution is -0.119. The van der Waals surface area contributed by atoms with Crippen molar-refractivity contribution in [3.05, 3.63) is 29.8 Å². The third kappa shape index (κ3) is 1.62. The topological polar surface area (TPSA) is 61.4 Å². The number of rotatable bonds is 1. The van der Waals surface area contributed by atoms with Gasteiger partial charge in [0.15, 0.2) is 0 Å². The SMILES string of the molecule is O=C1CC(c2cccc(O)c2)NN1. The fraction of sp³-hybridized carbons (Fsp3) is 0.222. The number of phenolic OH excluding ortho intramolecular Hbond substituents is 1. The second-order valence-electron chi connectivity index (χ2n) is 3.04. The third-order valence-corrected chi connectivity index (χ3v) is 2.05. The van der Waals surface area contributed by atoms with E-state index in [0.717, 1.165) is 5.56 Å². The maximum absolute atomic E-state index is 10.9. The van der Waals surface area contributed by atoms with E-state index < -0.39 is 0 Å². The molecule has 1 aromatic rings. The maximum atomic E-state index is 10.9. The predicted octanol–water partition coefficient (Wildman–Crippen LogP) is 0.458. The van der Waals surface area contributed by atoms with Crippen LogP contribution >= 0.6 is 0 Å². The minimum Gasteiger partial charge on any atom is -0.508 e. The van der Waals surface area contributed by atoms with Gasteiger partial charge in [-0.1, -0.05) is 12.1 Å². The number of amides is 1. The minimum atomic E-state index is -0.0281. The Morgan fingerprint density at radius 1 is 1.46 bits per heavy atom. The average molecular weight is 178 g/mol. The van der Waals surface area contributed by atoms with Crippen LogP contribution in [-0.2, 0) is 4.79 Å². The molecule has 0 aliphatic carbocycles. The molecule has 1 atom stereocenters. The molecule has 1 saturated heterocycles. The van der Waals surface area contributed by atoms with E-state index in [2.05, 4.69) is 10.9 Å². The van der Waals surface area contributed by atoms with E-state index in [-0.39, 0.29) is 17.7 Å². The van der Waals surface area contributed by atoms with Crippen molar-refractivity contribution in [2.75, 3.05) is 0 Å². The molecule has 1 aliphatic rings. The maximum Gasteiger partial charge on any atom is 0.236 e. The summed E-state index contributed by atoms with van der Waals surface area (Å²) < 4.78 is 0. The van der Waals surface area contributed by atoms with Crippen LogP contribution in [0.3, 0.4) is 0 Å². The summed E-state index contributed by atoms with van der Waals surface area (Å²) in [5, 5.41) is 9.21. The number of benzene rings is 1. The summed E-state index contributed by atoms with van der Waals surface area (Å²) >= 11 is 0. The third-order valence-electron chi connectivity index (χ3n) is 2.05. The lowest BCUT2D eigenvalue weighted by Crippen LogP contribution is -2.27. The molecule has 1 amide bonds. The second kappa shape index (κ2) is 3.06. The van der Waals surface area contributed by atoms with Crippen molar-refractivity contribution in [3.63, 3.8) is 0 Å². The van der Waals surface area contributed by atoms with Gasteiger partial charge in [0.25, 0.3) is 0 Å². The summed E-state index contributed by atoms with van der Waals surface area (Å²) in [6, 6.07) is 6.86. The lowest BCUT2D eigenvalue weighted by atomic mass is 10.1. The molecule has 3 N–H and O–H groups in total. The molecule has 0 aromatic heterocycles. The number of nitrogens with one attached hydrogen (secondary N) is 2. The Balaban J connectivity index is 2.21. The average Bonchev–Trinajstić information content (AvgIpc) is 2.52. The van der Waals surface area contributed by atoms with Gasteiger partial charge in [-0.3, -0.25) is 10.2 Å². The van der Waals surface area contributed by atoms with Gasteiger partial charge in [-0.15, -0.1) is 0 Å². The smallest absolute Gasteiger partial charge is 0.236 e. The van der Waals surface area contributed by atoms with Crippen LogP contribution in [0.5, 0.6) is 5.75 Å². The van der Waals surface area contributed by atoms with Gasteiger partial charge in [-0.25, -0.2) is 5.43 Å². The highest BCUT2D eigenvalue weighted by Crippen LogP contribution is 2.22. The first-order chi connectivity index (χ1) is 6.25. The van der Waals surface area contributed by atoms with Crippen molar-refractivity contribution >= 4 is 5.91 Å². The van der Waals surface area contributed by atoms with E-state index in [0.29, 0.717) is 6.42 Å². The van der Waals surface area contributed by atoms with Crippen LogP contribution in [0.15, 0.2) is 24.3 Å². The van der Waals surface area contributed by atoms with Crippen LogP contribution < -0.4 is 10.9 Å². The molecule has 1 unspecified atom stereocenters. The molecule has 2 rings (SSSR count). The standard InChI is InChI=1S/C9H10N2O2/c12-7-3-1-2-6(4-7)8-5-9(13)11-10-8/h1-4,8,10,12H,5H2,(H,11,13). The zero-order valence-corrected chi connectivity index (χ0v) is 6.95. The fourth-order valence-electron chi connectivity index (χ4n) is 1.40. The number of carbonyl (C=O) groups excluding carboxylic acids is 1. The molecule has 0 bridgehead atoms. The Kier molecular flexibility index (Phi) is 1.90. The van der Waals surface area contributed by atoms with Crippen LogP contribution in [-0.4, -0.2) is 11.0 Å². The van der Waals surface area contributed by atoms with Gasteiger partial charge >= 0.3 is 0 Å². The second-order valence-corrected chi connectivity index (χ2v) is 3.04. The number of aromatic hydroxyl groups is 1. The summed E-state index contributed by atoms with van der Waals surface area (Å²) in [4.78, 5) is 10.9. The van der Waals surface area contributed by atoms with Gasteiger partial charge in [0.05, 0.1) is 6.04 Å². The van der Waals surface area contributed by atoms with Crippen LogP contribution in [0.2, 0.25) is 0 Å². The molecule has 13 heavy (non-hydrogen) atoms. The zero-order valence-electron chi connectivity index (χ0n) is 6.95. The van der Waals surface area contributed by atoms with E-state index in [1.54, 1.807) is 18.2 Å². The Bertz CT molecular complexity index is 338. The van der Waals surface area contributed by atoms with Gasteiger partial charge in [0, 0.05) is 6.42 Å². The molecular weight excluding hydrogens is 168 g/mol. The summed E-state index contributed by atoms with van der Waals surface area (Å²) in [5.74, 6) is 0.201. The first-order valence-corrected chi connectivity index (χ1v) is 4.09. The Hall–Kier alpha value is -1.55. The van der Waals surface area contributed by atoms with Crippen molar-refractivity contribution in [2.24, 2.45) is 0 Å². The molecule has 68 valence electrons. The van der Waals surface area contributed by atoms with E-state index in [1.807, 2.05) is 6.07 Å². The first kappa shape index (κ1) is 8.07. The van der Waals surface area contributed by atoms with E-state index in [9.17, 15) is 9.90 Å². The number of carbonyl (C=O) groups is 1. The van der Waals surface area contributed by atoms with E-state index in [4.69, 9.17) is 0 Å². The molecule has 1 aliphatic heterocycles. The van der Waals surface area contributed by atoms with Crippen LogP contribution in [0.4, 0.5) is 0 Å². The van der Waals surface area contributed by atoms with Gasteiger partial charge in [0.2, 0.25) is 5.91 Å². The van der Waals surface area contributed by atoms with Crippen LogP contribution in [0, 0.1) is 0 Å². The summed E-state index contributed by atoms with van der Waals surface area (Å²) in [7, 11) is 0. The highest BCUT2D eigenvalue weighted by molar-refractivity contribution is 5.78. The summed E-state index contributed by atoms with van der Waals surface area (Å²) in [6.45, 7) is 0. The number of hydrogen-bond donors (Lipinski definition) is 3. The number of hydrogen-bond acceptors (Lipinski definition) is 3. The van der Waals surface area contributed by atoms with Crippen molar-refractivity contribution < 1.29 is 9.90 Å². The monoisotopic (exact) mass is 178 g/mol. The van der Waals surface area contributed by atoms with Crippen LogP contribution in [0.25, 0.3) is 0 Å². The number of phenols is 1. The Morgan fingerprint density at radius 2 is 2.31 bits per heavy atom. The van der Waals surface area contributed by atoms with Gasteiger partial charge < -0.3 is 5.11 Å². The molecule has 1 aromatic carbocycles. The predicted molar refractivity (Wildman–Crippen MR) is 46.7 cm³/mol. The molecule has 0 radical (unpaired) electrons. The Morgan fingerprint density at radius 3 is 2.92 bits per heavy atom. The molecule has 4 nitrogen and oxygen atoms in total. The fourth-order valence-corrected chi connectivity index (χ4v) is 1.40. The lowest BCUT2D eigenvalue weighted by Gasteiger charge is -2.08. The Labute approximate surface area is 75.5 Å². The largest absolute Gasteiger partial charge is 0.508 e. The van der Waals surface area contributed by atoms with E-state index in [1.165, 1.54) is 0 Å². The van der Waals surface area contributed by atoms with Gasteiger partial charge in [0.1, 0.15) is 5.75 Å². The van der Waals surface area contributed by atoms with Crippen molar-refractivity contribution in [2.45, 2.75) is 12.5 Å². The van der Waals surface area contributed by atoms with E-state index >= 15 is 0 Å².